The molecular formula is C16H25N3O. The van der Waals surface area contributed by atoms with Crippen molar-refractivity contribution in [2.75, 3.05) is 6.54 Å². The fraction of sp³-hybridized carbons (Fsp3) is 0.625. The summed E-state index contributed by atoms with van der Waals surface area (Å²) in [4.78, 5) is 16.2. The molecule has 1 saturated carbocycles. The van der Waals surface area contributed by atoms with E-state index in [0.717, 1.165) is 37.8 Å². The fourth-order valence-electron chi connectivity index (χ4n) is 2.74. The van der Waals surface area contributed by atoms with Gasteiger partial charge in [-0.1, -0.05) is 6.92 Å². The smallest absolute Gasteiger partial charge is 0.253 e. The lowest BCUT2D eigenvalue weighted by Gasteiger charge is -2.29. The highest BCUT2D eigenvalue weighted by Crippen LogP contribution is 2.19. The van der Waals surface area contributed by atoms with Crippen LogP contribution in [0.3, 0.4) is 0 Å². The molecule has 0 atom stereocenters. The molecule has 1 fully saturated rings. The van der Waals surface area contributed by atoms with Crippen molar-refractivity contribution in [1.82, 2.24) is 15.6 Å². The zero-order valence-electron chi connectivity index (χ0n) is 12.5. The first-order valence-electron chi connectivity index (χ1n) is 7.65. The van der Waals surface area contributed by atoms with E-state index in [1.165, 1.54) is 6.42 Å². The molecule has 0 unspecified atom stereocenters. The minimum Gasteiger partial charge on any atom is -0.349 e. The van der Waals surface area contributed by atoms with Crippen LogP contribution in [0.5, 0.6) is 0 Å². The molecule has 2 rings (SSSR count). The first-order valence-corrected chi connectivity index (χ1v) is 7.65. The van der Waals surface area contributed by atoms with Crippen molar-refractivity contribution in [2.45, 2.75) is 58.0 Å². The normalized spacial score (nSPS) is 22.5. The second-order valence-corrected chi connectivity index (χ2v) is 5.73. The van der Waals surface area contributed by atoms with Gasteiger partial charge in [0.25, 0.3) is 5.91 Å². The summed E-state index contributed by atoms with van der Waals surface area (Å²) in [5, 5.41) is 6.69. The third kappa shape index (κ3) is 4.30. The second kappa shape index (κ2) is 7.39. The van der Waals surface area contributed by atoms with Gasteiger partial charge in [-0.25, -0.2) is 0 Å². The highest BCUT2D eigenvalue weighted by atomic mass is 16.1. The van der Waals surface area contributed by atoms with E-state index in [-0.39, 0.29) is 5.91 Å². The summed E-state index contributed by atoms with van der Waals surface area (Å²) < 4.78 is 0. The Kier molecular flexibility index (Phi) is 5.53. The molecule has 0 spiro atoms. The Hall–Kier alpha value is -1.42. The summed E-state index contributed by atoms with van der Waals surface area (Å²) in [6, 6.07) is 2.82. The van der Waals surface area contributed by atoms with Crippen molar-refractivity contribution in [3.63, 3.8) is 0 Å². The molecule has 0 saturated heterocycles. The number of pyridine rings is 1. The lowest BCUT2D eigenvalue weighted by Crippen LogP contribution is -2.42. The number of nitrogens with zero attached hydrogens (tertiary/aromatic N) is 1. The molecule has 1 amide bonds. The van der Waals surface area contributed by atoms with Crippen molar-refractivity contribution >= 4 is 5.91 Å². The van der Waals surface area contributed by atoms with Gasteiger partial charge in [-0.05, 0) is 57.2 Å². The summed E-state index contributed by atoms with van der Waals surface area (Å²) in [5.41, 5.74) is 1.68. The van der Waals surface area contributed by atoms with Crippen molar-refractivity contribution in [1.29, 1.82) is 0 Å². The first-order chi connectivity index (χ1) is 9.69. The molecule has 0 bridgehead atoms. The summed E-state index contributed by atoms with van der Waals surface area (Å²) in [6.07, 6.45) is 9.00. The summed E-state index contributed by atoms with van der Waals surface area (Å²) >= 11 is 0. The van der Waals surface area contributed by atoms with Crippen LogP contribution in [0.2, 0.25) is 0 Å². The number of carbonyl (C=O) groups excluding carboxylic acids is 1. The summed E-state index contributed by atoms with van der Waals surface area (Å²) in [7, 11) is 0. The van der Waals surface area contributed by atoms with Gasteiger partial charge in [0.05, 0.1) is 5.56 Å². The van der Waals surface area contributed by atoms with Gasteiger partial charge in [0.1, 0.15) is 0 Å². The van der Waals surface area contributed by atoms with Crippen LogP contribution in [-0.4, -0.2) is 29.5 Å². The maximum Gasteiger partial charge on any atom is 0.253 e. The molecule has 110 valence electrons. The Balaban J connectivity index is 1.79. The Morgan fingerprint density at radius 3 is 2.60 bits per heavy atom. The van der Waals surface area contributed by atoms with Crippen LogP contribution < -0.4 is 10.6 Å². The van der Waals surface area contributed by atoms with Gasteiger partial charge in [0.15, 0.2) is 0 Å². The van der Waals surface area contributed by atoms with Gasteiger partial charge < -0.3 is 10.6 Å². The number of hydrogen-bond acceptors (Lipinski definition) is 3. The lowest BCUT2D eigenvalue weighted by molar-refractivity contribution is 0.0924. The number of rotatable bonds is 5. The Morgan fingerprint density at radius 2 is 1.95 bits per heavy atom. The molecule has 1 aromatic heterocycles. The number of amides is 1. The predicted octanol–water partition coefficient (Wildman–Crippen LogP) is 2.43. The van der Waals surface area contributed by atoms with Gasteiger partial charge >= 0.3 is 0 Å². The standard InChI is InChI=1S/C16H25N3O/c1-3-8-18-14-4-6-15(7-5-14)19-16(20)13-9-12(2)10-17-11-13/h9-11,14-15,18H,3-8H2,1-2H3,(H,19,20). The number of nitrogens with one attached hydrogen (secondary N) is 2. The highest BCUT2D eigenvalue weighted by Gasteiger charge is 2.22. The average molecular weight is 275 g/mol. The molecule has 0 aliphatic heterocycles. The molecule has 1 aliphatic carbocycles. The lowest BCUT2D eigenvalue weighted by atomic mass is 9.91. The Morgan fingerprint density at radius 1 is 1.25 bits per heavy atom. The number of carbonyl (C=O) groups is 1. The van der Waals surface area contributed by atoms with Crippen LogP contribution in [0, 0.1) is 6.92 Å². The summed E-state index contributed by atoms with van der Waals surface area (Å²) in [5.74, 6) is 0.00571. The summed E-state index contributed by atoms with van der Waals surface area (Å²) in [6.45, 7) is 5.24. The maximum absolute atomic E-state index is 12.2. The molecular weight excluding hydrogens is 250 g/mol. The van der Waals surface area contributed by atoms with E-state index in [2.05, 4.69) is 22.5 Å². The van der Waals surface area contributed by atoms with E-state index in [1.807, 2.05) is 13.0 Å². The van der Waals surface area contributed by atoms with Gasteiger partial charge in [0, 0.05) is 24.5 Å². The molecule has 0 aromatic carbocycles. The highest BCUT2D eigenvalue weighted by molar-refractivity contribution is 5.94. The second-order valence-electron chi connectivity index (χ2n) is 5.73. The monoisotopic (exact) mass is 275 g/mol. The Bertz CT molecular complexity index is 439. The minimum atomic E-state index is 0.00571. The molecule has 4 heteroatoms. The third-order valence-electron chi connectivity index (χ3n) is 3.88. The van der Waals surface area contributed by atoms with E-state index in [9.17, 15) is 4.79 Å². The van der Waals surface area contributed by atoms with Crippen LogP contribution in [0.4, 0.5) is 0 Å². The SMILES string of the molecule is CCCNC1CCC(NC(=O)c2cncc(C)c2)CC1. The van der Waals surface area contributed by atoms with Gasteiger partial charge in [-0.2, -0.15) is 0 Å². The molecule has 20 heavy (non-hydrogen) atoms. The first kappa shape index (κ1) is 15.0. The van der Waals surface area contributed by atoms with E-state index in [4.69, 9.17) is 0 Å². The Labute approximate surface area is 121 Å². The molecule has 1 aliphatic rings. The van der Waals surface area contributed by atoms with E-state index in [1.54, 1.807) is 12.4 Å². The van der Waals surface area contributed by atoms with E-state index >= 15 is 0 Å². The van der Waals surface area contributed by atoms with Crippen LogP contribution in [0.1, 0.15) is 54.9 Å². The van der Waals surface area contributed by atoms with E-state index in [0.29, 0.717) is 17.6 Å². The van der Waals surface area contributed by atoms with Gasteiger partial charge in [-0.15, -0.1) is 0 Å². The number of aromatic nitrogens is 1. The molecule has 4 nitrogen and oxygen atoms in total. The zero-order valence-corrected chi connectivity index (χ0v) is 12.5. The molecule has 1 heterocycles. The number of hydrogen-bond donors (Lipinski definition) is 2. The largest absolute Gasteiger partial charge is 0.349 e. The van der Waals surface area contributed by atoms with Crippen molar-refractivity contribution in [3.8, 4) is 0 Å². The van der Waals surface area contributed by atoms with Crippen molar-refractivity contribution in [3.05, 3.63) is 29.6 Å². The average Bonchev–Trinajstić information content (AvgIpc) is 2.46. The molecule has 1 aromatic rings. The van der Waals surface area contributed by atoms with Crippen LogP contribution >= 0.6 is 0 Å². The van der Waals surface area contributed by atoms with Crippen molar-refractivity contribution < 1.29 is 4.79 Å². The quantitative estimate of drug-likeness (QED) is 0.868. The van der Waals surface area contributed by atoms with Gasteiger partial charge in [-0.3, -0.25) is 9.78 Å². The zero-order chi connectivity index (χ0) is 14.4. The predicted molar refractivity (Wildman–Crippen MR) is 80.8 cm³/mol. The van der Waals surface area contributed by atoms with Crippen molar-refractivity contribution in [2.24, 2.45) is 0 Å². The topological polar surface area (TPSA) is 54.0 Å². The molecule has 2 N–H and O–H groups in total. The van der Waals surface area contributed by atoms with Crippen LogP contribution in [-0.2, 0) is 0 Å². The minimum absolute atomic E-state index is 0.00571. The number of aryl methyl sites for hydroxylation is 1. The maximum atomic E-state index is 12.2. The van der Waals surface area contributed by atoms with Crippen LogP contribution in [0.25, 0.3) is 0 Å². The molecule has 0 radical (unpaired) electrons. The fourth-order valence-corrected chi connectivity index (χ4v) is 2.74. The van der Waals surface area contributed by atoms with E-state index < -0.39 is 0 Å². The van der Waals surface area contributed by atoms with Gasteiger partial charge in [0.2, 0.25) is 0 Å². The third-order valence-corrected chi connectivity index (χ3v) is 3.88. The van der Waals surface area contributed by atoms with Crippen LogP contribution in [0.15, 0.2) is 18.5 Å².